The summed E-state index contributed by atoms with van der Waals surface area (Å²) in [6, 6.07) is 16.9. The van der Waals surface area contributed by atoms with Gasteiger partial charge in [0.15, 0.2) is 11.5 Å². The Labute approximate surface area is 254 Å². The van der Waals surface area contributed by atoms with Gasteiger partial charge in [-0.1, -0.05) is 101 Å². The number of hydrogen-bond acceptors (Lipinski definition) is 5. The zero-order chi connectivity index (χ0) is 29.8. The van der Waals surface area contributed by atoms with E-state index in [4.69, 9.17) is 21.1 Å². The highest BCUT2D eigenvalue weighted by molar-refractivity contribution is 6.30. The van der Waals surface area contributed by atoms with Gasteiger partial charge in [-0.3, -0.25) is 0 Å². The summed E-state index contributed by atoms with van der Waals surface area (Å²) in [5.41, 5.74) is 1.66. The summed E-state index contributed by atoms with van der Waals surface area (Å²) < 4.78 is 11.1. The molecule has 0 aliphatic rings. The average Bonchev–Trinajstić information content (AvgIpc) is 2.99. The van der Waals surface area contributed by atoms with Crippen LogP contribution in [0.5, 0.6) is 11.5 Å². The number of aryl methyl sites for hydroxylation is 1. The molecule has 2 aromatic carbocycles. The van der Waals surface area contributed by atoms with Crippen molar-refractivity contribution in [2.24, 2.45) is 10.2 Å². The number of hydrogen-bond donors (Lipinski definition) is 0. The van der Waals surface area contributed by atoms with Crippen LogP contribution in [0.2, 0.25) is 5.02 Å². The summed E-state index contributed by atoms with van der Waals surface area (Å²) in [5, 5.41) is 20.0. The molecule has 0 aliphatic heterocycles. The van der Waals surface area contributed by atoms with Crippen LogP contribution in [0.15, 0.2) is 52.7 Å². The molecule has 0 saturated heterocycles. The van der Waals surface area contributed by atoms with Gasteiger partial charge in [0.05, 0.1) is 31.7 Å². The lowest BCUT2D eigenvalue weighted by atomic mass is 9.73. The number of ether oxygens (including phenoxy) is 2. The van der Waals surface area contributed by atoms with E-state index in [-0.39, 0.29) is 6.04 Å². The van der Waals surface area contributed by atoms with Crippen molar-refractivity contribution in [1.82, 2.24) is 0 Å². The molecule has 2 unspecified atom stereocenters. The fraction of sp³-hybridized carbons (Fsp3) is 0.629. The normalized spacial score (nSPS) is 13.6. The Morgan fingerprint density at radius 2 is 1.49 bits per heavy atom. The van der Waals surface area contributed by atoms with Crippen LogP contribution in [0.25, 0.3) is 0 Å². The van der Waals surface area contributed by atoms with Gasteiger partial charge in [-0.2, -0.15) is 15.5 Å². The molecule has 2 rings (SSSR count). The summed E-state index contributed by atoms with van der Waals surface area (Å²) >= 11 is 6.18. The van der Waals surface area contributed by atoms with E-state index in [2.05, 4.69) is 29.3 Å². The molecule has 0 saturated carbocycles. The number of methoxy groups -OCH3 is 2. The first kappa shape index (κ1) is 34.6. The first-order valence-corrected chi connectivity index (χ1v) is 16.1. The summed E-state index contributed by atoms with van der Waals surface area (Å²) in [5.74, 6) is 1.36. The number of unbranched alkanes of at least 4 members (excludes halogenated alkanes) is 9. The smallest absolute Gasteiger partial charge is 0.161 e. The quantitative estimate of drug-likeness (QED) is 0.102. The number of benzene rings is 2. The van der Waals surface area contributed by atoms with Crippen LogP contribution in [-0.4, -0.2) is 27.3 Å². The Morgan fingerprint density at radius 1 is 0.829 bits per heavy atom. The van der Waals surface area contributed by atoms with E-state index in [1.165, 1.54) is 56.9 Å². The summed E-state index contributed by atoms with van der Waals surface area (Å²) in [6.07, 6.45) is 18.0. The minimum atomic E-state index is -0.569. The van der Waals surface area contributed by atoms with Crippen LogP contribution in [0.4, 0.5) is 0 Å². The van der Waals surface area contributed by atoms with Crippen LogP contribution in [-0.2, 0) is 11.8 Å². The Bertz CT molecular complexity index is 1070. The van der Waals surface area contributed by atoms with Gasteiger partial charge in [-0.25, -0.2) is 0 Å². The summed E-state index contributed by atoms with van der Waals surface area (Å²) in [6.45, 7) is 2.26. The highest BCUT2D eigenvalue weighted by Gasteiger charge is 2.32. The molecule has 0 fully saturated rings. The number of azo groups is 1. The molecule has 0 spiro atoms. The van der Waals surface area contributed by atoms with Gasteiger partial charge in [-0.05, 0) is 73.9 Å². The predicted molar refractivity (Wildman–Crippen MR) is 171 cm³/mol. The molecule has 5 nitrogen and oxygen atoms in total. The Hall–Kier alpha value is -2.58. The van der Waals surface area contributed by atoms with E-state index in [1.54, 1.807) is 21.3 Å². The van der Waals surface area contributed by atoms with Gasteiger partial charge in [0.25, 0.3) is 0 Å². The molecule has 0 radical (unpaired) electrons. The van der Waals surface area contributed by atoms with Crippen molar-refractivity contribution < 1.29 is 9.47 Å². The highest BCUT2D eigenvalue weighted by Crippen LogP contribution is 2.40. The van der Waals surface area contributed by atoms with Crippen LogP contribution < -0.4 is 9.47 Å². The molecular weight excluding hydrogens is 530 g/mol. The Morgan fingerprint density at radius 3 is 2.10 bits per heavy atom. The number of halogens is 1. The van der Waals surface area contributed by atoms with E-state index < -0.39 is 5.41 Å². The molecular formula is C35H52ClN3O2. The second-order valence-electron chi connectivity index (χ2n) is 11.2. The largest absolute Gasteiger partial charge is 0.493 e. The van der Waals surface area contributed by atoms with Gasteiger partial charge >= 0.3 is 0 Å². The topological polar surface area (TPSA) is 67.0 Å². The zero-order valence-electron chi connectivity index (χ0n) is 26.0. The second-order valence-corrected chi connectivity index (χ2v) is 11.7. The molecule has 0 bridgehead atoms. The highest BCUT2D eigenvalue weighted by atomic mass is 35.5. The fourth-order valence-corrected chi connectivity index (χ4v) is 5.94. The maximum atomic E-state index is 10.6. The van der Waals surface area contributed by atoms with E-state index in [0.717, 1.165) is 62.0 Å². The van der Waals surface area contributed by atoms with Gasteiger partial charge in [0, 0.05) is 12.1 Å². The zero-order valence-corrected chi connectivity index (χ0v) is 26.7. The lowest BCUT2D eigenvalue weighted by Gasteiger charge is -2.28. The lowest BCUT2D eigenvalue weighted by Crippen LogP contribution is -2.25. The molecule has 2 aromatic rings. The molecule has 0 heterocycles. The molecule has 0 aliphatic carbocycles. The minimum absolute atomic E-state index is 0.123. The van der Waals surface area contributed by atoms with Crippen molar-refractivity contribution in [2.75, 3.05) is 21.3 Å². The number of rotatable bonds is 22. The lowest BCUT2D eigenvalue weighted by molar-refractivity contribution is 0.351. The fourth-order valence-electron chi connectivity index (χ4n) is 5.73. The first-order valence-electron chi connectivity index (χ1n) is 15.7. The maximum Gasteiger partial charge on any atom is 0.161 e. The van der Waals surface area contributed by atoms with Crippen molar-refractivity contribution in [2.45, 2.75) is 121 Å². The van der Waals surface area contributed by atoms with Gasteiger partial charge in [-0.15, -0.1) is 0 Å². The summed E-state index contributed by atoms with van der Waals surface area (Å²) in [7, 11) is 5.03. The average molecular weight is 582 g/mol. The van der Waals surface area contributed by atoms with Crippen molar-refractivity contribution >= 4 is 11.6 Å². The van der Waals surface area contributed by atoms with E-state index in [0.29, 0.717) is 11.5 Å². The molecule has 226 valence electrons. The van der Waals surface area contributed by atoms with Crippen molar-refractivity contribution in [1.29, 1.82) is 5.26 Å². The first-order chi connectivity index (χ1) is 20.0. The molecule has 6 heteroatoms. The SMILES string of the molecule is CCCCCCCCCCCCC(C#N)(CCCC(CCc1cccc(Cl)c1)N=NC)c1ccc(OC)c(OC)c1. The minimum Gasteiger partial charge on any atom is -0.493 e. The van der Waals surface area contributed by atoms with Gasteiger partial charge in [0.2, 0.25) is 0 Å². The van der Waals surface area contributed by atoms with Crippen molar-refractivity contribution in [3.63, 3.8) is 0 Å². The van der Waals surface area contributed by atoms with Crippen molar-refractivity contribution in [3.8, 4) is 17.6 Å². The molecule has 41 heavy (non-hydrogen) atoms. The standard InChI is InChI=1S/C35H52ClN3O2/c1-5-6-7-8-9-10-11-12-13-14-24-35(28-37,30-21-23-33(40-3)34(27-30)41-4)25-16-19-32(39-38-2)22-20-29-17-15-18-31(36)26-29/h15,17-18,21,23,26-27,32H,5-14,16,19-20,22,24-25H2,1-4H3. The van der Waals surface area contributed by atoms with E-state index in [1.807, 2.05) is 36.4 Å². The second kappa shape index (κ2) is 20.3. The monoisotopic (exact) mass is 581 g/mol. The molecule has 0 N–H and O–H groups in total. The third kappa shape index (κ3) is 12.4. The third-order valence-corrected chi connectivity index (χ3v) is 8.42. The number of nitriles is 1. The van der Waals surface area contributed by atoms with Crippen LogP contribution in [0, 0.1) is 11.3 Å². The van der Waals surface area contributed by atoms with Crippen LogP contribution in [0.3, 0.4) is 0 Å². The predicted octanol–water partition coefficient (Wildman–Crippen LogP) is 10.7. The van der Waals surface area contributed by atoms with E-state index >= 15 is 0 Å². The number of nitrogens with zero attached hydrogens (tertiary/aromatic N) is 3. The van der Waals surface area contributed by atoms with Crippen molar-refractivity contribution in [3.05, 3.63) is 58.6 Å². The van der Waals surface area contributed by atoms with Gasteiger partial charge < -0.3 is 9.47 Å². The van der Waals surface area contributed by atoms with E-state index in [9.17, 15) is 5.26 Å². The summed E-state index contributed by atoms with van der Waals surface area (Å²) in [4.78, 5) is 0. The third-order valence-electron chi connectivity index (χ3n) is 8.18. The van der Waals surface area contributed by atoms with Crippen LogP contribution in [0.1, 0.15) is 114 Å². The maximum absolute atomic E-state index is 10.6. The molecule has 2 atom stereocenters. The molecule has 0 amide bonds. The molecule has 0 aromatic heterocycles. The van der Waals surface area contributed by atoms with Crippen LogP contribution >= 0.6 is 11.6 Å². The Kier molecular flexibility index (Phi) is 17.2. The van der Waals surface area contributed by atoms with Gasteiger partial charge in [0.1, 0.15) is 0 Å². The Balaban J connectivity index is 2.03.